The van der Waals surface area contributed by atoms with E-state index in [-0.39, 0.29) is 18.8 Å². The molecule has 7 heteroatoms. The average Bonchev–Trinajstić information content (AvgIpc) is 3.18. The zero-order chi connectivity index (χ0) is 25.1. The first-order chi connectivity index (χ1) is 17.5. The van der Waals surface area contributed by atoms with E-state index in [1.54, 1.807) is 0 Å². The zero-order valence-corrected chi connectivity index (χ0v) is 21.9. The van der Waals surface area contributed by atoms with Crippen LogP contribution in [0.25, 0.3) is 0 Å². The fourth-order valence-electron chi connectivity index (χ4n) is 6.55. The van der Waals surface area contributed by atoms with Crippen LogP contribution in [0.2, 0.25) is 0 Å². The Kier molecular flexibility index (Phi) is 7.85. The van der Waals surface area contributed by atoms with Gasteiger partial charge >= 0.3 is 13.6 Å². The van der Waals surface area contributed by atoms with Crippen LogP contribution in [0.1, 0.15) is 63.0 Å². The van der Waals surface area contributed by atoms with Gasteiger partial charge in [-0.15, -0.1) is 0 Å². The third-order valence-electron chi connectivity index (χ3n) is 8.26. The summed E-state index contributed by atoms with van der Waals surface area (Å²) >= 11 is 0. The van der Waals surface area contributed by atoms with Crippen molar-refractivity contribution in [1.29, 1.82) is 0 Å². The van der Waals surface area contributed by atoms with E-state index in [1.165, 1.54) is 5.56 Å². The highest BCUT2D eigenvalue weighted by atomic mass is 31.2. The van der Waals surface area contributed by atoms with Gasteiger partial charge in [0.25, 0.3) is 0 Å². The molecule has 0 amide bonds. The molecule has 2 aromatic carbocycles. The molecule has 2 fully saturated rings. The molecule has 6 nitrogen and oxygen atoms in total. The van der Waals surface area contributed by atoms with E-state index >= 15 is 0 Å². The van der Waals surface area contributed by atoms with Crippen molar-refractivity contribution < 1.29 is 28.3 Å². The summed E-state index contributed by atoms with van der Waals surface area (Å²) in [4.78, 5) is 11.1. The van der Waals surface area contributed by atoms with E-state index < -0.39 is 13.6 Å². The fourth-order valence-corrected chi connectivity index (χ4v) is 8.59. The largest absolute Gasteiger partial charge is 0.482 e. The van der Waals surface area contributed by atoms with Gasteiger partial charge in [0.15, 0.2) is 6.61 Å². The van der Waals surface area contributed by atoms with Crippen LogP contribution in [0.3, 0.4) is 0 Å². The Bertz CT molecular complexity index is 1100. The van der Waals surface area contributed by atoms with E-state index in [9.17, 15) is 9.36 Å². The van der Waals surface area contributed by atoms with E-state index in [1.807, 2.05) is 42.5 Å². The Morgan fingerprint density at radius 3 is 2.64 bits per heavy atom. The van der Waals surface area contributed by atoms with Gasteiger partial charge < -0.3 is 18.9 Å². The molecule has 1 N–H and O–H groups in total. The van der Waals surface area contributed by atoms with Gasteiger partial charge in [0.2, 0.25) is 0 Å². The summed E-state index contributed by atoms with van der Waals surface area (Å²) in [5.41, 5.74) is 2.36. The second kappa shape index (κ2) is 11.1. The van der Waals surface area contributed by atoms with Gasteiger partial charge in [-0.2, -0.15) is 0 Å². The SMILES string of the molecule is CCCCC[C@H]1CC[C@@H]2[C@H]3Cc4cccc(OCC(=O)O)c4C[C@H]3C[C@H]2OP(=O)(c2ccccc2)O1. The number of unbranched alkanes of at least 4 members (excludes halogenated alkanes) is 2. The molecule has 36 heavy (non-hydrogen) atoms. The molecule has 1 unspecified atom stereocenters. The van der Waals surface area contributed by atoms with Gasteiger partial charge in [-0.25, -0.2) is 4.79 Å². The first-order valence-corrected chi connectivity index (χ1v) is 15.0. The lowest BCUT2D eigenvalue weighted by Gasteiger charge is -2.36. The van der Waals surface area contributed by atoms with Crippen molar-refractivity contribution in [2.24, 2.45) is 17.8 Å². The molecular formula is C29H37O6P. The zero-order valence-electron chi connectivity index (χ0n) is 21.0. The van der Waals surface area contributed by atoms with Gasteiger partial charge in [-0.3, -0.25) is 4.57 Å². The van der Waals surface area contributed by atoms with Crippen molar-refractivity contribution in [3.8, 4) is 5.75 Å². The second-order valence-electron chi connectivity index (χ2n) is 10.6. The minimum Gasteiger partial charge on any atom is -0.482 e. The first kappa shape index (κ1) is 25.5. The number of benzene rings is 2. The Morgan fingerprint density at radius 1 is 1.03 bits per heavy atom. The first-order valence-electron chi connectivity index (χ1n) is 13.4. The van der Waals surface area contributed by atoms with Crippen molar-refractivity contribution in [2.45, 2.75) is 76.9 Å². The molecule has 1 aliphatic heterocycles. The Balaban J connectivity index is 1.40. The van der Waals surface area contributed by atoms with Crippen molar-refractivity contribution in [1.82, 2.24) is 0 Å². The van der Waals surface area contributed by atoms with Gasteiger partial charge in [-0.05, 0) is 85.6 Å². The van der Waals surface area contributed by atoms with Gasteiger partial charge in [-0.1, -0.05) is 56.5 Å². The van der Waals surface area contributed by atoms with Crippen LogP contribution in [0, 0.1) is 17.8 Å². The molecule has 3 aliphatic rings. The molecule has 0 aromatic heterocycles. The highest BCUT2D eigenvalue weighted by Crippen LogP contribution is 2.58. The average molecular weight is 513 g/mol. The van der Waals surface area contributed by atoms with Crippen LogP contribution in [-0.4, -0.2) is 29.9 Å². The summed E-state index contributed by atoms with van der Waals surface area (Å²) in [7, 11) is -3.46. The monoisotopic (exact) mass is 512 g/mol. The molecule has 5 rings (SSSR count). The highest BCUT2D eigenvalue weighted by molar-refractivity contribution is 7.62. The topological polar surface area (TPSA) is 82.1 Å². The molecule has 0 spiro atoms. The van der Waals surface area contributed by atoms with E-state index in [2.05, 4.69) is 13.0 Å². The van der Waals surface area contributed by atoms with Crippen LogP contribution < -0.4 is 10.0 Å². The molecular weight excluding hydrogens is 475 g/mol. The normalized spacial score (nSPS) is 31.4. The van der Waals surface area contributed by atoms with Crippen molar-refractivity contribution in [3.05, 3.63) is 59.7 Å². The number of ether oxygens (including phenoxy) is 1. The van der Waals surface area contributed by atoms with Crippen molar-refractivity contribution in [2.75, 3.05) is 6.61 Å². The molecule has 194 valence electrons. The van der Waals surface area contributed by atoms with E-state index in [0.29, 0.717) is 28.8 Å². The maximum Gasteiger partial charge on any atom is 0.361 e. The minimum absolute atomic E-state index is 0.0607. The molecule has 6 atom stereocenters. The van der Waals surface area contributed by atoms with Crippen LogP contribution in [0.4, 0.5) is 0 Å². The number of fused-ring (bicyclic) bond motifs is 4. The molecule has 0 bridgehead atoms. The summed E-state index contributed by atoms with van der Waals surface area (Å²) in [5.74, 6) is 0.882. The van der Waals surface area contributed by atoms with Crippen LogP contribution in [0.5, 0.6) is 5.75 Å². The van der Waals surface area contributed by atoms with Crippen molar-refractivity contribution in [3.63, 3.8) is 0 Å². The third kappa shape index (κ3) is 5.41. The minimum atomic E-state index is -3.46. The number of hydrogen-bond acceptors (Lipinski definition) is 5. The smallest absolute Gasteiger partial charge is 0.361 e. The fraction of sp³-hybridized carbons (Fsp3) is 0.552. The lowest BCUT2D eigenvalue weighted by atomic mass is 9.73. The third-order valence-corrected chi connectivity index (χ3v) is 10.3. The maximum atomic E-state index is 14.3. The Morgan fingerprint density at radius 2 is 1.86 bits per heavy atom. The summed E-state index contributed by atoms with van der Waals surface area (Å²) in [6, 6.07) is 15.4. The molecule has 1 heterocycles. The summed E-state index contributed by atoms with van der Waals surface area (Å²) in [5, 5.41) is 9.72. The maximum absolute atomic E-state index is 14.3. The number of carbonyl (C=O) groups is 1. The predicted molar refractivity (Wildman–Crippen MR) is 139 cm³/mol. The van der Waals surface area contributed by atoms with E-state index in [4.69, 9.17) is 18.9 Å². The molecule has 0 radical (unpaired) electrons. The number of carboxylic acids is 1. The summed E-state index contributed by atoms with van der Waals surface area (Å²) < 4.78 is 32.8. The number of rotatable bonds is 8. The van der Waals surface area contributed by atoms with E-state index in [0.717, 1.165) is 63.4 Å². The van der Waals surface area contributed by atoms with Crippen LogP contribution >= 0.6 is 7.60 Å². The number of carboxylic acid groups (broad SMARTS) is 1. The second-order valence-corrected chi connectivity index (χ2v) is 12.5. The van der Waals surface area contributed by atoms with Gasteiger partial charge in [0, 0.05) is 0 Å². The number of aliphatic carboxylic acids is 1. The summed E-state index contributed by atoms with van der Waals surface area (Å²) in [6.07, 6.45) is 8.62. The quantitative estimate of drug-likeness (QED) is 0.337. The lowest BCUT2D eigenvalue weighted by molar-refractivity contribution is -0.139. The molecule has 1 saturated heterocycles. The summed E-state index contributed by atoms with van der Waals surface area (Å²) in [6.45, 7) is 1.86. The predicted octanol–water partition coefficient (Wildman–Crippen LogP) is 6.16. The van der Waals surface area contributed by atoms with Crippen molar-refractivity contribution >= 4 is 18.9 Å². The van der Waals surface area contributed by atoms with Crippen LogP contribution in [0.15, 0.2) is 48.5 Å². The van der Waals surface area contributed by atoms with Gasteiger partial charge in [0.05, 0.1) is 17.5 Å². The molecule has 2 aliphatic carbocycles. The standard InChI is InChI=1S/C29H37O6P/c1-2-3-5-10-22-14-15-24-25-16-20-9-8-13-27(33-19-29(30)31)26(20)17-21(25)18-28(24)35-36(32,34-22)23-11-6-4-7-12-23/h4,6-9,11-13,21-22,24-25,28H,2-3,5,10,14-19H2,1H3,(H,30,31)/t21-,22-,24+,25-,28+,36?/m0/s1. The lowest BCUT2D eigenvalue weighted by Crippen LogP contribution is -2.32. The number of hydrogen-bond donors (Lipinski definition) is 1. The van der Waals surface area contributed by atoms with Crippen LogP contribution in [-0.2, 0) is 31.2 Å². The molecule has 1 saturated carbocycles. The Labute approximate surface area is 213 Å². The molecule has 2 aromatic rings. The highest BCUT2D eigenvalue weighted by Gasteiger charge is 2.50. The van der Waals surface area contributed by atoms with Gasteiger partial charge in [0.1, 0.15) is 5.75 Å². The Hall–Kier alpha value is -2.14.